The van der Waals surface area contributed by atoms with Crippen LogP contribution in [0, 0.1) is 0 Å². The Morgan fingerprint density at radius 1 is 1.11 bits per heavy atom. The Morgan fingerprint density at radius 2 is 1.95 bits per heavy atom. The van der Waals surface area contributed by atoms with Crippen LogP contribution in [0.5, 0.6) is 5.75 Å². The zero-order valence-corrected chi connectivity index (χ0v) is 10.3. The Bertz CT molecular complexity index is 750. The zero-order chi connectivity index (χ0) is 13.4. The molecule has 2 aromatic heterocycles. The number of hydrogen-bond acceptors (Lipinski definition) is 5. The first-order valence-corrected chi connectivity index (χ1v) is 5.73. The van der Waals surface area contributed by atoms with Crippen LogP contribution in [0.4, 0.5) is 11.5 Å². The lowest BCUT2D eigenvalue weighted by Crippen LogP contribution is -1.93. The molecule has 0 radical (unpaired) electrons. The van der Waals surface area contributed by atoms with E-state index in [2.05, 4.69) is 15.0 Å². The van der Waals surface area contributed by atoms with Crippen molar-refractivity contribution in [3.05, 3.63) is 30.3 Å². The number of ether oxygens (including phenoxy) is 1. The van der Waals surface area contributed by atoms with E-state index in [1.807, 2.05) is 18.2 Å². The number of nitrogens with one attached hydrogen (secondary N) is 1. The number of H-pyrrole nitrogens is 1. The van der Waals surface area contributed by atoms with Crippen LogP contribution in [0.25, 0.3) is 22.6 Å². The molecule has 2 heterocycles. The van der Waals surface area contributed by atoms with Gasteiger partial charge in [0.1, 0.15) is 17.4 Å². The number of fused-ring (bicyclic) bond motifs is 1. The van der Waals surface area contributed by atoms with E-state index < -0.39 is 0 Å². The molecule has 0 unspecified atom stereocenters. The number of benzene rings is 1. The van der Waals surface area contributed by atoms with Crippen molar-refractivity contribution in [3.63, 3.8) is 0 Å². The zero-order valence-electron chi connectivity index (χ0n) is 10.3. The number of anilines is 2. The summed E-state index contributed by atoms with van der Waals surface area (Å²) >= 11 is 0. The molecule has 0 bridgehead atoms. The van der Waals surface area contributed by atoms with Crippen molar-refractivity contribution in [2.45, 2.75) is 0 Å². The summed E-state index contributed by atoms with van der Waals surface area (Å²) in [4.78, 5) is 11.7. The molecule has 0 aliphatic rings. The van der Waals surface area contributed by atoms with Crippen molar-refractivity contribution in [2.24, 2.45) is 0 Å². The predicted molar refractivity (Wildman–Crippen MR) is 74.7 cm³/mol. The van der Waals surface area contributed by atoms with Crippen LogP contribution in [0.1, 0.15) is 0 Å². The molecule has 0 fully saturated rings. The number of imidazole rings is 1. The fraction of sp³-hybridized carbons (Fsp3) is 0.0769. The number of nitrogens with zero attached hydrogens (tertiary/aromatic N) is 2. The van der Waals surface area contributed by atoms with Gasteiger partial charge in [-0.05, 0) is 24.3 Å². The standard InChI is InChI=1S/C13H13N5O/c1-19-7-2-3-8(9(14)6-7)12-16-10-4-5-11(15)17-13(10)18-12/h2-6H,14H2,1H3,(H3,15,16,17,18). The van der Waals surface area contributed by atoms with Crippen LogP contribution in [-0.4, -0.2) is 22.1 Å². The van der Waals surface area contributed by atoms with E-state index >= 15 is 0 Å². The quantitative estimate of drug-likeness (QED) is 0.606. The maximum Gasteiger partial charge on any atom is 0.180 e. The monoisotopic (exact) mass is 255 g/mol. The lowest BCUT2D eigenvalue weighted by atomic mass is 10.1. The summed E-state index contributed by atoms with van der Waals surface area (Å²) < 4.78 is 5.12. The number of aromatic nitrogens is 3. The van der Waals surface area contributed by atoms with Gasteiger partial charge in [0.05, 0.1) is 12.6 Å². The molecule has 0 amide bonds. The van der Waals surface area contributed by atoms with Gasteiger partial charge in [-0.15, -0.1) is 0 Å². The number of aromatic amines is 1. The highest BCUT2D eigenvalue weighted by Gasteiger charge is 2.10. The third kappa shape index (κ3) is 1.93. The minimum Gasteiger partial charge on any atom is -0.497 e. The highest BCUT2D eigenvalue weighted by atomic mass is 16.5. The minimum atomic E-state index is 0.438. The highest BCUT2D eigenvalue weighted by Crippen LogP contribution is 2.28. The molecule has 0 spiro atoms. The topological polar surface area (TPSA) is 103 Å². The number of rotatable bonds is 2. The van der Waals surface area contributed by atoms with Crippen molar-refractivity contribution in [3.8, 4) is 17.1 Å². The van der Waals surface area contributed by atoms with Gasteiger partial charge in [0.25, 0.3) is 0 Å². The van der Waals surface area contributed by atoms with Crippen LogP contribution in [0.2, 0.25) is 0 Å². The molecule has 0 aliphatic heterocycles. The van der Waals surface area contributed by atoms with Crippen LogP contribution < -0.4 is 16.2 Å². The third-order valence-corrected chi connectivity index (χ3v) is 2.88. The first kappa shape index (κ1) is 11.3. The predicted octanol–water partition coefficient (Wildman–Crippen LogP) is 1.80. The molecule has 0 aliphatic carbocycles. The number of hydrogen-bond donors (Lipinski definition) is 3. The molecule has 0 atom stereocenters. The second-order valence-electron chi connectivity index (χ2n) is 4.15. The lowest BCUT2D eigenvalue weighted by molar-refractivity contribution is 0.415. The number of pyridine rings is 1. The molecule has 19 heavy (non-hydrogen) atoms. The van der Waals surface area contributed by atoms with E-state index in [-0.39, 0.29) is 0 Å². The van der Waals surface area contributed by atoms with Gasteiger partial charge < -0.3 is 21.2 Å². The SMILES string of the molecule is COc1ccc(-c2nc3nc(N)ccc3[nH]2)c(N)c1. The summed E-state index contributed by atoms with van der Waals surface area (Å²) in [6.07, 6.45) is 0. The van der Waals surface area contributed by atoms with Gasteiger partial charge in [0.2, 0.25) is 0 Å². The molecule has 0 saturated carbocycles. The average molecular weight is 255 g/mol. The summed E-state index contributed by atoms with van der Waals surface area (Å²) in [6.45, 7) is 0. The summed E-state index contributed by atoms with van der Waals surface area (Å²) in [6, 6.07) is 9.01. The number of nitrogens with two attached hydrogens (primary N) is 2. The minimum absolute atomic E-state index is 0.438. The van der Waals surface area contributed by atoms with Gasteiger partial charge in [-0.2, -0.15) is 0 Å². The second-order valence-corrected chi connectivity index (χ2v) is 4.15. The highest BCUT2D eigenvalue weighted by molar-refractivity contribution is 5.81. The van der Waals surface area contributed by atoms with Crippen LogP contribution >= 0.6 is 0 Å². The van der Waals surface area contributed by atoms with Crippen LogP contribution in [-0.2, 0) is 0 Å². The number of nitrogen functional groups attached to an aromatic ring is 2. The van der Waals surface area contributed by atoms with Crippen molar-refractivity contribution >= 4 is 22.7 Å². The van der Waals surface area contributed by atoms with Gasteiger partial charge in [0, 0.05) is 17.3 Å². The molecule has 6 nitrogen and oxygen atoms in total. The molecular weight excluding hydrogens is 242 g/mol. The first-order valence-electron chi connectivity index (χ1n) is 5.73. The van der Waals surface area contributed by atoms with Crippen molar-refractivity contribution in [1.29, 1.82) is 0 Å². The van der Waals surface area contributed by atoms with E-state index in [1.165, 1.54) is 0 Å². The summed E-state index contributed by atoms with van der Waals surface area (Å²) in [7, 11) is 1.60. The molecule has 3 rings (SSSR count). The second kappa shape index (κ2) is 4.16. The molecule has 1 aromatic carbocycles. The Kier molecular flexibility index (Phi) is 2.49. The summed E-state index contributed by atoms with van der Waals surface area (Å²) in [5, 5.41) is 0. The fourth-order valence-electron chi connectivity index (χ4n) is 1.92. The van der Waals surface area contributed by atoms with E-state index in [0.717, 1.165) is 11.1 Å². The molecule has 6 heteroatoms. The molecule has 0 saturated heterocycles. The van der Waals surface area contributed by atoms with Gasteiger partial charge >= 0.3 is 0 Å². The van der Waals surface area contributed by atoms with Crippen molar-refractivity contribution < 1.29 is 4.74 Å². The van der Waals surface area contributed by atoms with Gasteiger partial charge in [-0.1, -0.05) is 0 Å². The van der Waals surface area contributed by atoms with E-state index in [9.17, 15) is 0 Å². The van der Waals surface area contributed by atoms with Gasteiger partial charge in [-0.25, -0.2) is 9.97 Å². The van der Waals surface area contributed by atoms with E-state index in [4.69, 9.17) is 16.2 Å². The normalized spacial score (nSPS) is 10.8. The molecular formula is C13H13N5O. The Balaban J connectivity index is 2.13. The average Bonchev–Trinajstić information content (AvgIpc) is 2.81. The fourth-order valence-corrected chi connectivity index (χ4v) is 1.92. The van der Waals surface area contributed by atoms with Crippen molar-refractivity contribution in [2.75, 3.05) is 18.6 Å². The Labute approximate surface area is 109 Å². The number of methoxy groups -OCH3 is 1. The lowest BCUT2D eigenvalue weighted by Gasteiger charge is -2.05. The summed E-state index contributed by atoms with van der Waals surface area (Å²) in [5.41, 5.74) is 14.4. The largest absolute Gasteiger partial charge is 0.497 e. The third-order valence-electron chi connectivity index (χ3n) is 2.88. The first-order chi connectivity index (χ1) is 9.17. The molecule has 96 valence electrons. The van der Waals surface area contributed by atoms with Gasteiger partial charge in [-0.3, -0.25) is 0 Å². The van der Waals surface area contributed by atoms with Crippen molar-refractivity contribution in [1.82, 2.24) is 15.0 Å². The maximum absolute atomic E-state index is 6.00. The molecule has 3 aromatic rings. The Hall–Kier alpha value is -2.76. The van der Waals surface area contributed by atoms with E-state index in [1.54, 1.807) is 19.2 Å². The van der Waals surface area contributed by atoms with Gasteiger partial charge in [0.15, 0.2) is 5.65 Å². The maximum atomic E-state index is 6.00. The summed E-state index contributed by atoms with van der Waals surface area (Å²) in [5.74, 6) is 1.81. The molecule has 5 N–H and O–H groups in total. The smallest absolute Gasteiger partial charge is 0.180 e. The van der Waals surface area contributed by atoms with Crippen LogP contribution in [0.3, 0.4) is 0 Å². The Morgan fingerprint density at radius 3 is 2.68 bits per heavy atom. The van der Waals surface area contributed by atoms with E-state index in [0.29, 0.717) is 28.7 Å². The van der Waals surface area contributed by atoms with Crippen LogP contribution in [0.15, 0.2) is 30.3 Å².